The molecule has 0 radical (unpaired) electrons. The summed E-state index contributed by atoms with van der Waals surface area (Å²) in [6, 6.07) is 29.4. The molecule has 0 aliphatic carbocycles. The number of aliphatic imine (C=N–C) groups is 1. The summed E-state index contributed by atoms with van der Waals surface area (Å²) in [6.45, 7) is 0.577. The molecule has 0 saturated carbocycles. The molecule has 0 atom stereocenters. The fourth-order valence-corrected chi connectivity index (χ4v) is 2.53. The van der Waals surface area contributed by atoms with E-state index < -0.39 is 0 Å². The van der Waals surface area contributed by atoms with Crippen LogP contribution in [0.1, 0.15) is 27.9 Å². The van der Waals surface area contributed by atoms with E-state index in [4.69, 9.17) is 4.99 Å². The van der Waals surface area contributed by atoms with Crippen LogP contribution in [0, 0.1) is 0 Å². The first-order valence-electron chi connectivity index (χ1n) is 8.04. The Labute approximate surface area is 142 Å². The lowest BCUT2D eigenvalue weighted by Crippen LogP contribution is -2.10. The van der Waals surface area contributed by atoms with Gasteiger partial charge in [0.2, 0.25) is 0 Å². The van der Waals surface area contributed by atoms with Crippen molar-refractivity contribution in [2.75, 3.05) is 0 Å². The molecule has 0 aliphatic rings. The second-order valence-corrected chi connectivity index (χ2v) is 5.58. The van der Waals surface area contributed by atoms with Gasteiger partial charge in [-0.25, -0.2) is 0 Å². The van der Waals surface area contributed by atoms with E-state index in [9.17, 15) is 4.79 Å². The van der Waals surface area contributed by atoms with Crippen LogP contribution >= 0.6 is 0 Å². The van der Waals surface area contributed by atoms with Crippen molar-refractivity contribution in [3.05, 3.63) is 108 Å². The molecule has 0 amide bonds. The van der Waals surface area contributed by atoms with Gasteiger partial charge in [0.05, 0.1) is 18.7 Å². The van der Waals surface area contributed by atoms with Gasteiger partial charge in [-0.05, 0) is 11.1 Å². The number of ketones is 1. The smallest absolute Gasteiger partial charge is 0.168 e. The SMILES string of the molecule is O=C(CC(=NCc1ccccc1)c1ccccc1)c1ccccc1. The number of nitrogens with zero attached hydrogens (tertiary/aromatic N) is 1. The molecular formula is C22H19NO. The van der Waals surface area contributed by atoms with Crippen molar-refractivity contribution in [3.63, 3.8) is 0 Å². The average molecular weight is 313 g/mol. The number of benzene rings is 3. The Morgan fingerprint density at radius 2 is 1.17 bits per heavy atom. The maximum Gasteiger partial charge on any atom is 0.168 e. The third-order valence-corrected chi connectivity index (χ3v) is 3.83. The summed E-state index contributed by atoms with van der Waals surface area (Å²) in [5.74, 6) is 0.0891. The minimum atomic E-state index is 0.0891. The van der Waals surface area contributed by atoms with E-state index in [1.807, 2.05) is 91.0 Å². The highest BCUT2D eigenvalue weighted by Crippen LogP contribution is 2.12. The third-order valence-electron chi connectivity index (χ3n) is 3.83. The van der Waals surface area contributed by atoms with Gasteiger partial charge in [-0.3, -0.25) is 9.79 Å². The van der Waals surface area contributed by atoms with Crippen molar-refractivity contribution < 1.29 is 4.79 Å². The van der Waals surface area contributed by atoms with Crippen LogP contribution in [-0.2, 0) is 6.54 Å². The lowest BCUT2D eigenvalue weighted by Gasteiger charge is -2.07. The van der Waals surface area contributed by atoms with Gasteiger partial charge in [0.15, 0.2) is 5.78 Å². The molecule has 118 valence electrons. The highest BCUT2D eigenvalue weighted by atomic mass is 16.1. The number of hydrogen-bond donors (Lipinski definition) is 0. The van der Waals surface area contributed by atoms with E-state index in [1.54, 1.807) is 0 Å². The zero-order valence-electron chi connectivity index (χ0n) is 13.4. The van der Waals surface area contributed by atoms with Crippen LogP contribution in [0.2, 0.25) is 0 Å². The highest BCUT2D eigenvalue weighted by Gasteiger charge is 2.11. The monoisotopic (exact) mass is 313 g/mol. The fraction of sp³-hybridized carbons (Fsp3) is 0.0909. The molecule has 2 nitrogen and oxygen atoms in total. The Kier molecular flexibility index (Phi) is 5.31. The summed E-state index contributed by atoms with van der Waals surface area (Å²) < 4.78 is 0. The first-order valence-corrected chi connectivity index (χ1v) is 8.04. The molecule has 0 spiro atoms. The van der Waals surface area contributed by atoms with Gasteiger partial charge in [-0.1, -0.05) is 91.0 Å². The van der Waals surface area contributed by atoms with Crippen molar-refractivity contribution in [2.24, 2.45) is 4.99 Å². The minimum Gasteiger partial charge on any atom is -0.294 e. The Morgan fingerprint density at radius 1 is 0.667 bits per heavy atom. The van der Waals surface area contributed by atoms with Crippen LogP contribution in [0.15, 0.2) is 96.0 Å². The Balaban J connectivity index is 1.84. The standard InChI is InChI=1S/C22H19NO/c24-22(20-14-8-3-9-15-20)16-21(19-12-6-2-7-13-19)23-17-18-10-4-1-5-11-18/h1-15H,16-17H2. The molecular weight excluding hydrogens is 294 g/mol. The molecule has 0 fully saturated rings. The van der Waals surface area contributed by atoms with Crippen LogP contribution < -0.4 is 0 Å². The van der Waals surface area contributed by atoms with Crippen molar-refractivity contribution in [1.29, 1.82) is 0 Å². The van der Waals surface area contributed by atoms with E-state index in [2.05, 4.69) is 0 Å². The summed E-state index contributed by atoms with van der Waals surface area (Å²) in [5, 5.41) is 0. The summed E-state index contributed by atoms with van der Waals surface area (Å²) >= 11 is 0. The zero-order valence-corrected chi connectivity index (χ0v) is 13.4. The molecule has 0 heterocycles. The van der Waals surface area contributed by atoms with E-state index in [0.29, 0.717) is 13.0 Å². The summed E-state index contributed by atoms with van der Waals surface area (Å²) in [6.07, 6.45) is 0.306. The first-order chi connectivity index (χ1) is 11.8. The second kappa shape index (κ2) is 8.02. The van der Waals surface area contributed by atoms with Crippen LogP contribution in [0.4, 0.5) is 0 Å². The predicted molar refractivity (Wildman–Crippen MR) is 98.5 cm³/mol. The minimum absolute atomic E-state index is 0.0891. The fourth-order valence-electron chi connectivity index (χ4n) is 2.53. The van der Waals surface area contributed by atoms with Crippen molar-refractivity contribution in [2.45, 2.75) is 13.0 Å². The molecule has 3 rings (SSSR count). The van der Waals surface area contributed by atoms with E-state index >= 15 is 0 Å². The third kappa shape index (κ3) is 4.26. The van der Waals surface area contributed by atoms with Crippen molar-refractivity contribution in [1.82, 2.24) is 0 Å². The lowest BCUT2D eigenvalue weighted by atomic mass is 10.0. The summed E-state index contributed by atoms with van der Waals surface area (Å²) in [7, 11) is 0. The number of Topliss-reactive ketones (excluding diaryl/α,β-unsaturated/α-hetero) is 1. The normalized spacial score (nSPS) is 11.2. The van der Waals surface area contributed by atoms with Gasteiger partial charge in [-0.2, -0.15) is 0 Å². The Bertz CT molecular complexity index is 808. The van der Waals surface area contributed by atoms with Gasteiger partial charge in [0.25, 0.3) is 0 Å². The van der Waals surface area contributed by atoms with Gasteiger partial charge >= 0.3 is 0 Å². The molecule has 0 unspecified atom stereocenters. The average Bonchev–Trinajstić information content (AvgIpc) is 2.67. The molecule has 0 N–H and O–H groups in total. The molecule has 0 aromatic heterocycles. The van der Waals surface area contributed by atoms with Crippen LogP contribution in [0.5, 0.6) is 0 Å². The zero-order chi connectivity index (χ0) is 16.6. The maximum atomic E-state index is 12.6. The maximum absolute atomic E-state index is 12.6. The van der Waals surface area contributed by atoms with E-state index in [0.717, 1.165) is 22.4 Å². The topological polar surface area (TPSA) is 29.4 Å². The first kappa shape index (κ1) is 15.9. The van der Waals surface area contributed by atoms with Crippen LogP contribution in [-0.4, -0.2) is 11.5 Å². The number of carbonyl (C=O) groups is 1. The number of hydrogen-bond acceptors (Lipinski definition) is 2. The largest absolute Gasteiger partial charge is 0.294 e. The molecule has 3 aromatic rings. The van der Waals surface area contributed by atoms with Crippen molar-refractivity contribution >= 4 is 11.5 Å². The lowest BCUT2D eigenvalue weighted by molar-refractivity contribution is 0.100. The second-order valence-electron chi connectivity index (χ2n) is 5.58. The Hall–Kier alpha value is -3.00. The molecule has 3 aromatic carbocycles. The number of rotatable bonds is 6. The predicted octanol–water partition coefficient (Wildman–Crippen LogP) is 4.95. The summed E-state index contributed by atoms with van der Waals surface area (Å²) in [5.41, 5.74) is 3.69. The number of carbonyl (C=O) groups excluding carboxylic acids is 1. The van der Waals surface area contributed by atoms with E-state index in [1.165, 1.54) is 0 Å². The van der Waals surface area contributed by atoms with Gasteiger partial charge in [0.1, 0.15) is 0 Å². The van der Waals surface area contributed by atoms with Crippen molar-refractivity contribution in [3.8, 4) is 0 Å². The summed E-state index contributed by atoms with van der Waals surface area (Å²) in [4.78, 5) is 17.3. The van der Waals surface area contributed by atoms with Crippen LogP contribution in [0.3, 0.4) is 0 Å². The highest BCUT2D eigenvalue weighted by molar-refractivity contribution is 6.15. The van der Waals surface area contributed by atoms with Gasteiger partial charge in [0, 0.05) is 5.56 Å². The molecule has 2 heteroatoms. The van der Waals surface area contributed by atoms with Crippen LogP contribution in [0.25, 0.3) is 0 Å². The molecule has 24 heavy (non-hydrogen) atoms. The molecule has 0 aliphatic heterocycles. The Morgan fingerprint density at radius 3 is 1.75 bits per heavy atom. The molecule has 0 bridgehead atoms. The quantitative estimate of drug-likeness (QED) is 0.468. The molecule has 0 saturated heterocycles. The van der Waals surface area contributed by atoms with E-state index in [-0.39, 0.29) is 5.78 Å². The van der Waals surface area contributed by atoms with Gasteiger partial charge in [-0.15, -0.1) is 0 Å². The van der Waals surface area contributed by atoms with Gasteiger partial charge < -0.3 is 0 Å².